The average molecular weight is 495 g/mol. The van der Waals surface area contributed by atoms with Crippen molar-refractivity contribution in [3.63, 3.8) is 0 Å². The molecule has 0 bridgehead atoms. The van der Waals surface area contributed by atoms with Gasteiger partial charge in [-0.2, -0.15) is 18.4 Å². The van der Waals surface area contributed by atoms with Crippen LogP contribution in [-0.2, 0) is 15.7 Å². The Kier molecular flexibility index (Phi) is 6.33. The van der Waals surface area contributed by atoms with Crippen LogP contribution < -0.4 is 5.73 Å². The van der Waals surface area contributed by atoms with Crippen LogP contribution in [0.2, 0.25) is 0 Å². The van der Waals surface area contributed by atoms with Crippen LogP contribution in [-0.4, -0.2) is 42.1 Å². The maximum Gasteiger partial charge on any atom is 0.416 e. The molecule has 6 nitrogen and oxygen atoms in total. The van der Waals surface area contributed by atoms with Crippen LogP contribution in [0.25, 0.3) is 0 Å². The highest BCUT2D eigenvalue weighted by Gasteiger charge is 2.46. The highest BCUT2D eigenvalue weighted by atomic mass is 19.4. The number of allylic oxidation sites excluding steroid dienone is 3. The van der Waals surface area contributed by atoms with Gasteiger partial charge in [0.15, 0.2) is 5.78 Å². The lowest BCUT2D eigenvalue weighted by Crippen LogP contribution is -2.52. The van der Waals surface area contributed by atoms with Gasteiger partial charge >= 0.3 is 6.18 Å². The fourth-order valence-electron chi connectivity index (χ4n) is 5.47. The molecule has 0 saturated carbocycles. The van der Waals surface area contributed by atoms with E-state index in [1.165, 1.54) is 18.2 Å². The van der Waals surface area contributed by atoms with E-state index in [1.807, 2.05) is 41.4 Å². The molecule has 2 aromatic carbocycles. The Morgan fingerprint density at radius 3 is 2.33 bits per heavy atom. The minimum Gasteiger partial charge on any atom is -0.383 e. The summed E-state index contributed by atoms with van der Waals surface area (Å²) in [5.74, 6) is -1.56. The van der Waals surface area contributed by atoms with Crippen molar-refractivity contribution in [2.45, 2.75) is 30.9 Å². The largest absolute Gasteiger partial charge is 0.416 e. The van der Waals surface area contributed by atoms with Crippen LogP contribution in [0.4, 0.5) is 13.2 Å². The predicted molar refractivity (Wildman–Crippen MR) is 126 cm³/mol. The zero-order chi connectivity index (χ0) is 25.4. The van der Waals surface area contributed by atoms with Crippen LogP contribution in [0, 0.1) is 11.3 Å². The second kappa shape index (κ2) is 9.45. The van der Waals surface area contributed by atoms with Gasteiger partial charge in [0.1, 0.15) is 5.82 Å². The Balaban J connectivity index is 1.72. The van der Waals surface area contributed by atoms with Crippen molar-refractivity contribution >= 4 is 5.78 Å². The Morgan fingerprint density at radius 1 is 1.00 bits per heavy atom. The molecule has 5 rings (SSSR count). The molecule has 9 heteroatoms. The molecule has 1 aliphatic carbocycles. The standard InChI is InChI=1S/C27H25F3N4O2/c28-27(29,30)21-9-5-4-8-19(21)24-20(16-31)26(32)34(33-10-12-36-13-11-33)22-14-18(15-23(35)25(22)24)17-6-2-1-3-7-17/h1-9,18,24H,10-15,32H2. The van der Waals surface area contributed by atoms with Crippen molar-refractivity contribution in [2.24, 2.45) is 5.73 Å². The van der Waals surface area contributed by atoms with E-state index in [0.29, 0.717) is 38.4 Å². The van der Waals surface area contributed by atoms with Gasteiger partial charge in [-0.05, 0) is 29.5 Å². The molecular weight excluding hydrogens is 469 g/mol. The van der Waals surface area contributed by atoms with Gasteiger partial charge in [-0.15, -0.1) is 0 Å². The van der Waals surface area contributed by atoms with Gasteiger partial charge in [0.25, 0.3) is 0 Å². The molecule has 3 aliphatic rings. The van der Waals surface area contributed by atoms with Crippen molar-refractivity contribution in [3.8, 4) is 6.07 Å². The van der Waals surface area contributed by atoms with Gasteiger partial charge in [0, 0.05) is 30.8 Å². The number of carbonyl (C=O) groups is 1. The molecule has 2 unspecified atom stereocenters. The highest BCUT2D eigenvalue weighted by molar-refractivity contribution is 6.00. The summed E-state index contributed by atoms with van der Waals surface area (Å²) < 4.78 is 47.6. The maximum absolute atomic E-state index is 14.0. The number of benzene rings is 2. The van der Waals surface area contributed by atoms with E-state index in [-0.39, 0.29) is 40.7 Å². The van der Waals surface area contributed by atoms with E-state index in [0.717, 1.165) is 11.6 Å². The van der Waals surface area contributed by atoms with Crippen LogP contribution in [0.15, 0.2) is 77.3 Å². The molecule has 0 aromatic heterocycles. The number of rotatable bonds is 3. The Bertz CT molecular complexity index is 1270. The van der Waals surface area contributed by atoms with Crippen LogP contribution in [0.3, 0.4) is 0 Å². The van der Waals surface area contributed by atoms with E-state index in [1.54, 1.807) is 5.01 Å². The predicted octanol–water partition coefficient (Wildman–Crippen LogP) is 4.45. The van der Waals surface area contributed by atoms with Crippen LogP contribution >= 0.6 is 0 Å². The molecule has 2 N–H and O–H groups in total. The number of nitrogens with two attached hydrogens (primary N) is 1. The topological polar surface area (TPSA) is 82.6 Å². The number of hydrogen-bond donors (Lipinski definition) is 1. The summed E-state index contributed by atoms with van der Waals surface area (Å²) in [7, 11) is 0. The fourth-order valence-corrected chi connectivity index (χ4v) is 5.47. The summed E-state index contributed by atoms with van der Waals surface area (Å²) in [6.07, 6.45) is -4.10. The van der Waals surface area contributed by atoms with E-state index in [9.17, 15) is 23.2 Å². The third-order valence-electron chi connectivity index (χ3n) is 7.06. The number of carbonyl (C=O) groups excluding carboxylic acids is 1. The Hall–Kier alpha value is -3.61. The number of hydrazine groups is 1. The van der Waals surface area contributed by atoms with Crippen LogP contribution in [0.5, 0.6) is 0 Å². The molecule has 2 heterocycles. The Labute approximate surface area is 207 Å². The van der Waals surface area contributed by atoms with Crippen molar-refractivity contribution in [1.82, 2.24) is 10.0 Å². The number of alkyl halides is 3. The number of hydrogen-bond acceptors (Lipinski definition) is 6. The van der Waals surface area contributed by atoms with Gasteiger partial charge < -0.3 is 10.5 Å². The molecule has 1 saturated heterocycles. The number of morpholine rings is 1. The van der Waals surface area contributed by atoms with E-state index in [2.05, 4.69) is 0 Å². The number of halogens is 3. The minimum absolute atomic E-state index is 0.0524. The van der Waals surface area contributed by atoms with E-state index < -0.39 is 17.7 Å². The number of ketones is 1. The molecule has 2 aromatic rings. The lowest BCUT2D eigenvalue weighted by Gasteiger charge is -2.47. The van der Waals surface area contributed by atoms with Gasteiger partial charge in [-0.25, -0.2) is 5.01 Å². The van der Waals surface area contributed by atoms with Gasteiger partial charge in [-0.3, -0.25) is 9.80 Å². The first-order chi connectivity index (χ1) is 17.3. The molecule has 2 aliphatic heterocycles. The van der Waals surface area contributed by atoms with Crippen LogP contribution in [0.1, 0.15) is 41.4 Å². The van der Waals surface area contributed by atoms with Gasteiger partial charge in [0.2, 0.25) is 0 Å². The summed E-state index contributed by atoms with van der Waals surface area (Å²) in [5.41, 5.74) is 7.25. The second-order valence-corrected chi connectivity index (χ2v) is 9.11. The normalized spacial score (nSPS) is 23.5. The lowest BCUT2D eigenvalue weighted by molar-refractivity contribution is -0.138. The lowest BCUT2D eigenvalue weighted by atomic mass is 9.71. The summed E-state index contributed by atoms with van der Waals surface area (Å²) in [5, 5.41) is 13.7. The molecule has 36 heavy (non-hydrogen) atoms. The summed E-state index contributed by atoms with van der Waals surface area (Å²) in [6.45, 7) is 1.82. The molecule has 0 spiro atoms. The van der Waals surface area contributed by atoms with E-state index >= 15 is 0 Å². The summed E-state index contributed by atoms with van der Waals surface area (Å²) >= 11 is 0. The second-order valence-electron chi connectivity index (χ2n) is 9.11. The summed E-state index contributed by atoms with van der Waals surface area (Å²) in [6, 6.07) is 16.7. The third-order valence-corrected chi connectivity index (χ3v) is 7.06. The zero-order valence-corrected chi connectivity index (χ0v) is 19.5. The van der Waals surface area contributed by atoms with Crippen molar-refractivity contribution in [2.75, 3.05) is 26.3 Å². The molecule has 186 valence electrons. The number of Topliss-reactive ketones (excluding diaryl/α,β-unsaturated/α-hetero) is 1. The van der Waals surface area contributed by atoms with Crippen molar-refractivity contribution in [1.29, 1.82) is 5.26 Å². The molecular formula is C27H25F3N4O2. The maximum atomic E-state index is 14.0. The average Bonchev–Trinajstić information content (AvgIpc) is 2.88. The smallest absolute Gasteiger partial charge is 0.383 e. The first-order valence-electron chi connectivity index (χ1n) is 11.8. The van der Waals surface area contributed by atoms with Gasteiger partial charge in [0.05, 0.1) is 36.3 Å². The molecule has 0 radical (unpaired) electrons. The van der Waals surface area contributed by atoms with Crippen molar-refractivity contribution < 1.29 is 22.7 Å². The fraction of sp³-hybridized carbons (Fsp3) is 0.333. The van der Waals surface area contributed by atoms with E-state index in [4.69, 9.17) is 10.5 Å². The highest BCUT2D eigenvalue weighted by Crippen LogP contribution is 2.50. The monoisotopic (exact) mass is 494 g/mol. The molecule has 1 fully saturated rings. The summed E-state index contributed by atoms with van der Waals surface area (Å²) in [4.78, 5) is 13.8. The quantitative estimate of drug-likeness (QED) is 0.679. The third kappa shape index (κ3) is 4.16. The Morgan fingerprint density at radius 2 is 1.67 bits per heavy atom. The first kappa shape index (κ1) is 24.1. The number of ether oxygens (including phenoxy) is 1. The number of nitrogens with zero attached hydrogens (tertiary/aromatic N) is 3. The SMILES string of the molecule is N#CC1=C(N)N(N2CCOCC2)C2=C(C(=O)CC(c3ccccc3)C2)C1c1ccccc1C(F)(F)F. The zero-order valence-electron chi connectivity index (χ0n) is 19.5. The van der Waals surface area contributed by atoms with Crippen molar-refractivity contribution in [3.05, 3.63) is 94.0 Å². The number of nitriles is 1. The molecule has 2 atom stereocenters. The minimum atomic E-state index is -4.65. The molecule has 0 amide bonds. The van der Waals surface area contributed by atoms with Gasteiger partial charge in [-0.1, -0.05) is 48.5 Å². The first-order valence-corrected chi connectivity index (χ1v) is 11.8.